The largest absolute Gasteiger partial charge is 0.365 e. The summed E-state index contributed by atoms with van der Waals surface area (Å²) in [5.74, 6) is 0.891. The third kappa shape index (κ3) is 4.15. The molecular weight excluding hydrogens is 304 g/mol. The number of nitrogens with zero attached hydrogens (tertiary/aromatic N) is 4. The molecule has 1 aromatic heterocycles. The Morgan fingerprint density at radius 3 is 2.71 bits per heavy atom. The molecule has 6 nitrogen and oxygen atoms in total. The molecular formula is C18H30N4O2. The SMILES string of the molecule is CCC(OC1CCCC(C)C1)C(=O)N1CCC(n2cncn2)CC1. The molecule has 3 unspecified atom stereocenters. The highest BCUT2D eigenvalue weighted by Gasteiger charge is 2.31. The molecule has 0 aromatic carbocycles. The van der Waals surface area contributed by atoms with Crippen LogP contribution in [0.5, 0.6) is 0 Å². The summed E-state index contributed by atoms with van der Waals surface area (Å²) in [6.07, 6.45) is 10.7. The molecule has 1 aromatic rings. The zero-order chi connectivity index (χ0) is 16.9. The van der Waals surface area contributed by atoms with Crippen LogP contribution >= 0.6 is 0 Å². The molecule has 0 bridgehead atoms. The minimum Gasteiger partial charge on any atom is -0.365 e. The Morgan fingerprint density at radius 1 is 1.29 bits per heavy atom. The van der Waals surface area contributed by atoms with Gasteiger partial charge in [0.15, 0.2) is 0 Å². The number of ether oxygens (including phenoxy) is 1. The lowest BCUT2D eigenvalue weighted by Crippen LogP contribution is -2.46. The van der Waals surface area contributed by atoms with Gasteiger partial charge in [0.1, 0.15) is 18.8 Å². The second-order valence-electron chi connectivity index (χ2n) is 7.36. The monoisotopic (exact) mass is 334 g/mol. The van der Waals surface area contributed by atoms with Crippen molar-refractivity contribution in [3.8, 4) is 0 Å². The number of hydrogen-bond acceptors (Lipinski definition) is 4. The molecule has 0 radical (unpaired) electrons. The van der Waals surface area contributed by atoms with Gasteiger partial charge in [-0.15, -0.1) is 0 Å². The van der Waals surface area contributed by atoms with Crippen LogP contribution in [0.15, 0.2) is 12.7 Å². The molecule has 2 aliphatic rings. The average Bonchev–Trinajstić information content (AvgIpc) is 3.14. The lowest BCUT2D eigenvalue weighted by atomic mass is 9.88. The van der Waals surface area contributed by atoms with Crippen molar-refractivity contribution in [2.75, 3.05) is 13.1 Å². The van der Waals surface area contributed by atoms with E-state index in [0.717, 1.165) is 51.1 Å². The molecule has 3 rings (SSSR count). The number of amides is 1. The van der Waals surface area contributed by atoms with Crippen LogP contribution in [0, 0.1) is 5.92 Å². The van der Waals surface area contributed by atoms with Gasteiger partial charge in [-0.3, -0.25) is 4.79 Å². The fourth-order valence-corrected chi connectivity index (χ4v) is 4.02. The van der Waals surface area contributed by atoms with Crippen molar-refractivity contribution in [1.29, 1.82) is 0 Å². The van der Waals surface area contributed by atoms with Crippen LogP contribution in [-0.2, 0) is 9.53 Å². The first-order chi connectivity index (χ1) is 11.7. The number of piperidine rings is 1. The van der Waals surface area contributed by atoms with E-state index in [-0.39, 0.29) is 18.1 Å². The zero-order valence-corrected chi connectivity index (χ0v) is 14.9. The molecule has 0 N–H and O–H groups in total. The highest BCUT2D eigenvalue weighted by Crippen LogP contribution is 2.28. The minimum absolute atomic E-state index is 0.174. The Bertz CT molecular complexity index is 511. The third-order valence-corrected chi connectivity index (χ3v) is 5.48. The maximum absolute atomic E-state index is 12.8. The van der Waals surface area contributed by atoms with E-state index in [1.165, 1.54) is 12.8 Å². The molecule has 1 aliphatic heterocycles. The second-order valence-corrected chi connectivity index (χ2v) is 7.36. The molecule has 1 amide bonds. The van der Waals surface area contributed by atoms with Crippen molar-refractivity contribution >= 4 is 5.91 Å². The van der Waals surface area contributed by atoms with Gasteiger partial charge in [-0.05, 0) is 38.0 Å². The predicted octanol–water partition coefficient (Wildman–Crippen LogP) is 2.82. The van der Waals surface area contributed by atoms with E-state index < -0.39 is 0 Å². The van der Waals surface area contributed by atoms with Crippen molar-refractivity contribution in [1.82, 2.24) is 19.7 Å². The van der Waals surface area contributed by atoms with E-state index >= 15 is 0 Å². The summed E-state index contributed by atoms with van der Waals surface area (Å²) in [7, 11) is 0. The lowest BCUT2D eigenvalue weighted by molar-refractivity contribution is -0.151. The van der Waals surface area contributed by atoms with Crippen molar-refractivity contribution in [2.45, 2.75) is 77.0 Å². The van der Waals surface area contributed by atoms with Gasteiger partial charge >= 0.3 is 0 Å². The maximum Gasteiger partial charge on any atom is 0.251 e. The lowest BCUT2D eigenvalue weighted by Gasteiger charge is -2.36. The highest BCUT2D eigenvalue weighted by molar-refractivity contribution is 5.81. The molecule has 24 heavy (non-hydrogen) atoms. The zero-order valence-electron chi connectivity index (χ0n) is 14.9. The minimum atomic E-state index is -0.275. The van der Waals surface area contributed by atoms with E-state index in [9.17, 15) is 4.79 Å². The van der Waals surface area contributed by atoms with Gasteiger partial charge < -0.3 is 9.64 Å². The van der Waals surface area contributed by atoms with Crippen molar-refractivity contribution in [3.63, 3.8) is 0 Å². The molecule has 134 valence electrons. The van der Waals surface area contributed by atoms with E-state index in [1.54, 1.807) is 12.7 Å². The average molecular weight is 334 g/mol. The number of carbonyl (C=O) groups excluding carboxylic acids is 1. The Morgan fingerprint density at radius 2 is 2.08 bits per heavy atom. The Kier molecular flexibility index (Phi) is 5.87. The van der Waals surface area contributed by atoms with Gasteiger partial charge in [0.05, 0.1) is 12.1 Å². The van der Waals surface area contributed by atoms with E-state index in [4.69, 9.17) is 4.74 Å². The number of aromatic nitrogens is 3. The third-order valence-electron chi connectivity index (χ3n) is 5.48. The number of hydrogen-bond donors (Lipinski definition) is 0. The first kappa shape index (κ1) is 17.4. The van der Waals surface area contributed by atoms with E-state index in [1.807, 2.05) is 9.58 Å². The van der Waals surface area contributed by atoms with Crippen molar-refractivity contribution in [3.05, 3.63) is 12.7 Å². The Hall–Kier alpha value is -1.43. The van der Waals surface area contributed by atoms with Gasteiger partial charge in [-0.25, -0.2) is 9.67 Å². The fraction of sp³-hybridized carbons (Fsp3) is 0.833. The van der Waals surface area contributed by atoms with Crippen LogP contribution < -0.4 is 0 Å². The van der Waals surface area contributed by atoms with Gasteiger partial charge in [-0.2, -0.15) is 5.10 Å². The molecule has 0 spiro atoms. The van der Waals surface area contributed by atoms with Crippen molar-refractivity contribution in [2.24, 2.45) is 5.92 Å². The molecule has 2 heterocycles. The Labute approximate surface area is 144 Å². The van der Waals surface area contributed by atoms with Gasteiger partial charge in [0, 0.05) is 13.1 Å². The fourth-order valence-electron chi connectivity index (χ4n) is 4.02. The van der Waals surface area contributed by atoms with Crippen LogP contribution in [0.3, 0.4) is 0 Å². The summed E-state index contributed by atoms with van der Waals surface area (Å²) in [6.45, 7) is 5.90. The second kappa shape index (κ2) is 8.10. The molecule has 1 saturated heterocycles. The highest BCUT2D eigenvalue weighted by atomic mass is 16.5. The van der Waals surface area contributed by atoms with Gasteiger partial charge in [0.2, 0.25) is 0 Å². The maximum atomic E-state index is 12.8. The summed E-state index contributed by atoms with van der Waals surface area (Å²) in [5.41, 5.74) is 0. The summed E-state index contributed by atoms with van der Waals surface area (Å²) < 4.78 is 8.12. The van der Waals surface area contributed by atoms with Crippen LogP contribution in [0.1, 0.15) is 64.8 Å². The molecule has 2 fully saturated rings. The molecule has 3 atom stereocenters. The summed E-state index contributed by atoms with van der Waals surface area (Å²) in [6, 6.07) is 0.358. The number of carbonyl (C=O) groups is 1. The van der Waals surface area contributed by atoms with Crippen LogP contribution in [0.2, 0.25) is 0 Å². The van der Waals surface area contributed by atoms with Gasteiger partial charge in [0.25, 0.3) is 5.91 Å². The topological polar surface area (TPSA) is 60.2 Å². The van der Waals surface area contributed by atoms with E-state index in [0.29, 0.717) is 6.04 Å². The normalized spacial score (nSPS) is 27.2. The Balaban J connectivity index is 1.51. The predicted molar refractivity (Wildman–Crippen MR) is 91.5 cm³/mol. The quantitative estimate of drug-likeness (QED) is 0.831. The molecule has 1 aliphatic carbocycles. The van der Waals surface area contributed by atoms with Crippen molar-refractivity contribution < 1.29 is 9.53 Å². The standard InChI is InChI=1S/C18H30N4O2/c1-3-17(24-16-6-4-5-14(2)11-16)18(23)21-9-7-15(8-10-21)22-13-19-12-20-22/h12-17H,3-11H2,1-2H3. The summed E-state index contributed by atoms with van der Waals surface area (Å²) in [4.78, 5) is 18.8. The summed E-state index contributed by atoms with van der Waals surface area (Å²) in [5, 5.41) is 4.22. The molecule has 1 saturated carbocycles. The van der Waals surface area contributed by atoms with E-state index in [2.05, 4.69) is 23.9 Å². The first-order valence-electron chi connectivity index (χ1n) is 9.45. The van der Waals surface area contributed by atoms with Crippen LogP contribution in [0.25, 0.3) is 0 Å². The first-order valence-corrected chi connectivity index (χ1v) is 9.45. The smallest absolute Gasteiger partial charge is 0.251 e. The number of rotatable bonds is 5. The molecule has 6 heteroatoms. The van der Waals surface area contributed by atoms with Gasteiger partial charge in [-0.1, -0.05) is 26.7 Å². The van der Waals surface area contributed by atoms with Crippen LogP contribution in [-0.4, -0.2) is 50.9 Å². The summed E-state index contributed by atoms with van der Waals surface area (Å²) >= 11 is 0. The number of likely N-dealkylation sites (tertiary alicyclic amines) is 1. The van der Waals surface area contributed by atoms with Crippen LogP contribution in [0.4, 0.5) is 0 Å².